The van der Waals surface area contributed by atoms with Gasteiger partial charge in [-0.1, -0.05) is 30.3 Å². The monoisotopic (exact) mass is 558 g/mol. The highest BCUT2D eigenvalue weighted by Gasteiger charge is 2.52. The summed E-state index contributed by atoms with van der Waals surface area (Å²) in [6.07, 6.45) is -5.68. The van der Waals surface area contributed by atoms with Gasteiger partial charge in [-0.05, 0) is 57.5 Å². The molecule has 0 spiro atoms. The Kier molecular flexibility index (Phi) is 8.32. The molecule has 1 amide bonds. The lowest BCUT2D eigenvalue weighted by Gasteiger charge is -2.45. The summed E-state index contributed by atoms with van der Waals surface area (Å²) in [6.45, 7) is 5.45. The number of hydrogen-bond acceptors (Lipinski definition) is 7. The van der Waals surface area contributed by atoms with Crippen molar-refractivity contribution >= 4 is 22.1 Å². The Morgan fingerprint density at radius 1 is 0.974 bits per heavy atom. The molecule has 2 aromatic rings. The molecule has 0 N–H and O–H groups in total. The maximum atomic E-state index is 13.6. The number of halogens is 3. The topological polar surface area (TPSA) is 102 Å². The van der Waals surface area contributed by atoms with Gasteiger partial charge in [0.1, 0.15) is 23.5 Å². The van der Waals surface area contributed by atoms with E-state index in [-0.39, 0.29) is 31.1 Å². The number of carbonyl (C=O) groups excluding carboxylic acids is 2. The van der Waals surface area contributed by atoms with Gasteiger partial charge in [-0.15, -0.1) is 13.2 Å². The summed E-state index contributed by atoms with van der Waals surface area (Å²) in [5.41, 5.74) is -2.03. The number of benzene rings is 2. The molecule has 13 heteroatoms. The zero-order chi connectivity index (χ0) is 28.4. The van der Waals surface area contributed by atoms with E-state index in [0.29, 0.717) is 5.56 Å². The Bertz CT molecular complexity index is 1250. The minimum Gasteiger partial charge on any atom is -0.459 e. The Hall–Kier alpha value is -3.32. The SMILES string of the molecule is CC(C)(C)OC(=O)N1CCN(S(=O)(=O)c2ccc(OC(F)(F)F)cc2)[C@](C)(C(=O)OCc2ccccc2)C1. The summed E-state index contributed by atoms with van der Waals surface area (Å²) in [7, 11) is -4.43. The van der Waals surface area contributed by atoms with Crippen molar-refractivity contribution in [1.82, 2.24) is 9.21 Å². The van der Waals surface area contributed by atoms with E-state index in [0.717, 1.165) is 28.6 Å². The Morgan fingerprint density at radius 3 is 2.13 bits per heavy atom. The molecular formula is C25H29F3N2O7S. The molecular weight excluding hydrogens is 529 g/mol. The first-order valence-electron chi connectivity index (χ1n) is 11.6. The van der Waals surface area contributed by atoms with Crippen LogP contribution in [0.2, 0.25) is 0 Å². The largest absolute Gasteiger partial charge is 0.573 e. The van der Waals surface area contributed by atoms with E-state index in [1.165, 1.54) is 11.8 Å². The molecule has 0 aliphatic carbocycles. The fraction of sp³-hybridized carbons (Fsp3) is 0.440. The van der Waals surface area contributed by atoms with Gasteiger partial charge in [0.2, 0.25) is 10.0 Å². The summed E-state index contributed by atoms with van der Waals surface area (Å²) in [4.78, 5) is 27.0. The molecule has 9 nitrogen and oxygen atoms in total. The number of nitrogens with zero attached hydrogens (tertiary/aromatic N) is 2. The number of carbonyl (C=O) groups is 2. The van der Waals surface area contributed by atoms with Gasteiger partial charge in [0.25, 0.3) is 0 Å². The first kappa shape index (κ1) is 29.2. The molecule has 2 aromatic carbocycles. The highest BCUT2D eigenvalue weighted by atomic mass is 32.2. The van der Waals surface area contributed by atoms with Gasteiger partial charge in [0.05, 0.1) is 11.4 Å². The molecule has 0 aromatic heterocycles. The van der Waals surface area contributed by atoms with Gasteiger partial charge >= 0.3 is 18.4 Å². The number of sulfonamides is 1. The Balaban J connectivity index is 1.92. The summed E-state index contributed by atoms with van der Waals surface area (Å²) in [5.74, 6) is -1.51. The van der Waals surface area contributed by atoms with Crippen molar-refractivity contribution in [2.75, 3.05) is 19.6 Å². The van der Waals surface area contributed by atoms with Crippen molar-refractivity contribution in [2.45, 2.75) is 56.7 Å². The minimum atomic E-state index is -4.94. The van der Waals surface area contributed by atoms with Crippen molar-refractivity contribution in [3.8, 4) is 5.75 Å². The summed E-state index contributed by atoms with van der Waals surface area (Å²) >= 11 is 0. The van der Waals surface area contributed by atoms with E-state index in [9.17, 15) is 31.2 Å². The summed E-state index contributed by atoms with van der Waals surface area (Å²) in [6, 6.07) is 12.4. The maximum absolute atomic E-state index is 13.6. The normalized spacial score (nSPS) is 19.1. The van der Waals surface area contributed by atoms with Crippen molar-refractivity contribution in [2.24, 2.45) is 0 Å². The third kappa shape index (κ3) is 7.16. The molecule has 1 aliphatic rings. The van der Waals surface area contributed by atoms with Crippen LogP contribution in [0.3, 0.4) is 0 Å². The van der Waals surface area contributed by atoms with Gasteiger partial charge < -0.3 is 19.1 Å². The lowest BCUT2D eigenvalue weighted by Crippen LogP contribution is -2.67. The molecule has 1 heterocycles. The maximum Gasteiger partial charge on any atom is 0.573 e. The van der Waals surface area contributed by atoms with Crippen molar-refractivity contribution in [3.63, 3.8) is 0 Å². The van der Waals surface area contributed by atoms with E-state index in [2.05, 4.69) is 4.74 Å². The first-order valence-corrected chi connectivity index (χ1v) is 13.0. The van der Waals surface area contributed by atoms with E-state index >= 15 is 0 Å². The average molecular weight is 559 g/mol. The molecule has 38 heavy (non-hydrogen) atoms. The third-order valence-corrected chi connectivity index (χ3v) is 7.61. The number of hydrogen-bond donors (Lipinski definition) is 0. The van der Waals surface area contributed by atoms with Crippen LogP contribution < -0.4 is 4.74 Å². The van der Waals surface area contributed by atoms with E-state index in [1.54, 1.807) is 51.1 Å². The van der Waals surface area contributed by atoms with Crippen LogP contribution in [-0.2, 0) is 30.9 Å². The lowest BCUT2D eigenvalue weighted by atomic mass is 9.99. The number of amides is 1. The van der Waals surface area contributed by atoms with E-state index < -0.39 is 45.3 Å². The number of esters is 1. The smallest absolute Gasteiger partial charge is 0.459 e. The second-order valence-electron chi connectivity index (χ2n) is 9.83. The third-order valence-electron chi connectivity index (χ3n) is 5.57. The van der Waals surface area contributed by atoms with E-state index in [1.807, 2.05) is 0 Å². The molecule has 1 aliphatic heterocycles. The molecule has 1 atom stereocenters. The second-order valence-corrected chi connectivity index (χ2v) is 11.7. The summed E-state index contributed by atoms with van der Waals surface area (Å²) < 4.78 is 80.3. The fourth-order valence-corrected chi connectivity index (χ4v) is 5.56. The molecule has 0 saturated carbocycles. The van der Waals surface area contributed by atoms with Crippen molar-refractivity contribution < 1.29 is 45.4 Å². The van der Waals surface area contributed by atoms with Crippen molar-refractivity contribution in [3.05, 3.63) is 60.2 Å². The van der Waals surface area contributed by atoms with Gasteiger partial charge in [0, 0.05) is 13.1 Å². The average Bonchev–Trinajstić information content (AvgIpc) is 2.81. The number of piperazine rings is 1. The Labute approximate surface area is 219 Å². The van der Waals surface area contributed by atoms with Crippen LogP contribution in [0.25, 0.3) is 0 Å². The molecule has 0 bridgehead atoms. The highest BCUT2D eigenvalue weighted by Crippen LogP contribution is 2.32. The second kappa shape index (κ2) is 10.8. The van der Waals surface area contributed by atoms with Gasteiger partial charge in [0.15, 0.2) is 0 Å². The molecule has 1 saturated heterocycles. The molecule has 208 valence electrons. The zero-order valence-electron chi connectivity index (χ0n) is 21.3. The van der Waals surface area contributed by atoms with Crippen LogP contribution in [-0.4, -0.2) is 66.8 Å². The highest BCUT2D eigenvalue weighted by molar-refractivity contribution is 7.89. The standard InChI is InChI=1S/C25H29F3N2O7S/c1-23(2,3)37-22(32)29-14-15-30(24(4,17-29)21(31)35-16-18-8-6-5-7-9-18)38(33,34)20-12-10-19(11-13-20)36-25(26,27)28/h5-13H,14-17H2,1-4H3/t24-/m0/s1. The van der Waals surface area contributed by atoms with Gasteiger partial charge in [-0.25, -0.2) is 18.0 Å². The lowest BCUT2D eigenvalue weighted by molar-refractivity contribution is -0.274. The first-order chi connectivity index (χ1) is 17.5. The van der Waals surface area contributed by atoms with E-state index in [4.69, 9.17) is 9.47 Å². The number of alkyl halides is 3. The zero-order valence-corrected chi connectivity index (χ0v) is 22.1. The van der Waals surface area contributed by atoms with Crippen molar-refractivity contribution in [1.29, 1.82) is 0 Å². The molecule has 1 fully saturated rings. The Morgan fingerprint density at radius 2 is 1.58 bits per heavy atom. The number of rotatable bonds is 6. The predicted molar refractivity (Wildman–Crippen MR) is 129 cm³/mol. The van der Waals surface area contributed by atoms with Crippen LogP contribution in [0.5, 0.6) is 5.75 Å². The van der Waals surface area contributed by atoms with Crippen LogP contribution in [0.4, 0.5) is 18.0 Å². The summed E-state index contributed by atoms with van der Waals surface area (Å²) in [5, 5.41) is 0. The quantitative estimate of drug-likeness (QED) is 0.487. The predicted octanol–water partition coefficient (Wildman–Crippen LogP) is 4.33. The molecule has 0 radical (unpaired) electrons. The molecule has 0 unspecified atom stereocenters. The van der Waals surface area contributed by atoms with Gasteiger partial charge in [-0.3, -0.25) is 0 Å². The van der Waals surface area contributed by atoms with Gasteiger partial charge in [-0.2, -0.15) is 4.31 Å². The van der Waals surface area contributed by atoms with Crippen LogP contribution in [0.15, 0.2) is 59.5 Å². The van der Waals surface area contributed by atoms with Crippen LogP contribution >= 0.6 is 0 Å². The van der Waals surface area contributed by atoms with Crippen LogP contribution in [0.1, 0.15) is 33.3 Å². The fourth-order valence-electron chi connectivity index (χ4n) is 3.84. The minimum absolute atomic E-state index is 0.0923. The molecule has 3 rings (SSSR count). The van der Waals surface area contributed by atoms with Crippen LogP contribution in [0, 0.1) is 0 Å². The number of ether oxygens (including phenoxy) is 3.